The number of amides is 1. The Kier molecular flexibility index (Phi) is 9.03. The second-order valence-electron chi connectivity index (χ2n) is 5.47. The summed E-state index contributed by atoms with van der Waals surface area (Å²) in [6, 6.07) is 0. The molecule has 0 saturated carbocycles. The summed E-state index contributed by atoms with van der Waals surface area (Å²) >= 11 is 0. The van der Waals surface area contributed by atoms with E-state index in [4.69, 9.17) is 4.55 Å². The number of rotatable bonds is 11. The van der Waals surface area contributed by atoms with E-state index in [0.717, 1.165) is 30.7 Å². The van der Waals surface area contributed by atoms with E-state index >= 15 is 0 Å². The molecule has 7 nitrogen and oxygen atoms in total. The summed E-state index contributed by atoms with van der Waals surface area (Å²) in [6.45, 7) is 11.7. The molecule has 0 aromatic heterocycles. The van der Waals surface area contributed by atoms with Gasteiger partial charge in [-0.1, -0.05) is 13.8 Å². The van der Waals surface area contributed by atoms with Gasteiger partial charge < -0.3 is 9.80 Å². The smallest absolute Gasteiger partial charge is 0.350 e. The molecule has 0 aromatic carbocycles. The largest absolute Gasteiger partial charge is 0.397 e. The molecule has 126 valence electrons. The molecular weight excluding hydrogens is 296 g/mol. The molecule has 0 saturated heterocycles. The molecular formula is C13H29N2O5S+. The van der Waals surface area contributed by atoms with Crippen molar-refractivity contribution < 1.29 is 26.4 Å². The van der Waals surface area contributed by atoms with Crippen LogP contribution in [-0.4, -0.2) is 62.7 Å². The van der Waals surface area contributed by atoms with Crippen molar-refractivity contribution in [2.45, 2.75) is 34.1 Å². The van der Waals surface area contributed by atoms with Crippen LogP contribution in [0.1, 0.15) is 34.1 Å². The van der Waals surface area contributed by atoms with Crippen LogP contribution < -0.4 is 5.32 Å². The molecule has 0 bridgehead atoms. The van der Waals surface area contributed by atoms with Gasteiger partial charge in [-0.3, -0.25) is 9.35 Å². The van der Waals surface area contributed by atoms with Crippen LogP contribution in [0.15, 0.2) is 0 Å². The van der Waals surface area contributed by atoms with Crippen LogP contribution in [-0.2, 0) is 19.4 Å². The molecule has 0 heterocycles. The van der Waals surface area contributed by atoms with Crippen molar-refractivity contribution in [1.29, 1.82) is 0 Å². The van der Waals surface area contributed by atoms with Crippen LogP contribution in [0.2, 0.25) is 0 Å². The van der Waals surface area contributed by atoms with Crippen molar-refractivity contribution in [3.05, 3.63) is 0 Å². The third kappa shape index (κ3) is 9.02. The minimum atomic E-state index is -4.36. The number of nitrogens with zero attached hydrogens (tertiary/aromatic N) is 1. The van der Waals surface area contributed by atoms with E-state index in [-0.39, 0.29) is 18.4 Å². The van der Waals surface area contributed by atoms with Gasteiger partial charge in [0.25, 0.3) is 0 Å². The molecule has 2 N–H and O–H groups in total. The van der Waals surface area contributed by atoms with Gasteiger partial charge in [-0.05, 0) is 13.8 Å². The van der Waals surface area contributed by atoms with Crippen molar-refractivity contribution in [3.8, 4) is 0 Å². The van der Waals surface area contributed by atoms with E-state index in [0.29, 0.717) is 13.0 Å². The van der Waals surface area contributed by atoms with Crippen LogP contribution in [0.25, 0.3) is 0 Å². The normalized spacial score (nSPS) is 12.7. The molecule has 0 aliphatic carbocycles. The Morgan fingerprint density at radius 2 is 1.81 bits per heavy atom. The number of quaternary nitrogens is 1. The number of nitrogens with one attached hydrogen (secondary N) is 1. The minimum absolute atomic E-state index is 0.0293. The third-order valence-electron chi connectivity index (χ3n) is 3.76. The Hall–Kier alpha value is -0.700. The Morgan fingerprint density at radius 1 is 1.24 bits per heavy atom. The van der Waals surface area contributed by atoms with Gasteiger partial charge in [-0.2, -0.15) is 8.42 Å². The van der Waals surface area contributed by atoms with Crippen LogP contribution in [0.4, 0.5) is 0 Å². The van der Waals surface area contributed by atoms with E-state index in [1.54, 1.807) is 0 Å². The first-order valence-electron chi connectivity index (χ1n) is 7.40. The van der Waals surface area contributed by atoms with E-state index in [1.165, 1.54) is 0 Å². The van der Waals surface area contributed by atoms with Gasteiger partial charge in [0.05, 0.1) is 39.3 Å². The SMILES string of the molecule is CC[N+](CC)(CCCOS(=O)(=O)O)CCNC(=O)C(C)C. The lowest BCUT2D eigenvalue weighted by atomic mass is 10.2. The molecule has 0 aliphatic rings. The standard InChI is InChI=1S/C13H28N2O5S/c1-5-15(6-2,9-7-11-20-21(17,18)19)10-8-14-13(16)12(3)4/h12H,5-11H2,1-4H3,(H-,14,16,17,18,19)/p+1. The Balaban J connectivity index is 4.26. The minimum Gasteiger partial charge on any atom is -0.350 e. The number of carbonyl (C=O) groups is 1. The number of hydrogen-bond donors (Lipinski definition) is 2. The predicted octanol–water partition coefficient (Wildman–Crippen LogP) is 0.825. The highest BCUT2D eigenvalue weighted by Gasteiger charge is 2.23. The summed E-state index contributed by atoms with van der Waals surface area (Å²) in [4.78, 5) is 11.5. The van der Waals surface area contributed by atoms with Crippen molar-refractivity contribution >= 4 is 16.3 Å². The predicted molar refractivity (Wildman–Crippen MR) is 81.0 cm³/mol. The highest BCUT2D eigenvalue weighted by molar-refractivity contribution is 7.80. The molecule has 0 aromatic rings. The molecule has 0 aliphatic heterocycles. The van der Waals surface area contributed by atoms with Crippen LogP contribution in [0.5, 0.6) is 0 Å². The average molecular weight is 325 g/mol. The van der Waals surface area contributed by atoms with Gasteiger partial charge >= 0.3 is 10.4 Å². The fourth-order valence-corrected chi connectivity index (χ4v) is 2.48. The van der Waals surface area contributed by atoms with E-state index < -0.39 is 10.4 Å². The topological polar surface area (TPSA) is 92.7 Å². The van der Waals surface area contributed by atoms with Crippen molar-refractivity contribution in [1.82, 2.24) is 5.32 Å². The number of likely N-dealkylation sites (N-methyl/N-ethyl adjacent to an activating group) is 1. The zero-order chi connectivity index (χ0) is 16.5. The maximum Gasteiger partial charge on any atom is 0.397 e. The first kappa shape index (κ1) is 20.3. The molecule has 0 atom stereocenters. The van der Waals surface area contributed by atoms with Gasteiger partial charge in [-0.15, -0.1) is 0 Å². The van der Waals surface area contributed by atoms with Gasteiger partial charge in [0.15, 0.2) is 0 Å². The van der Waals surface area contributed by atoms with Gasteiger partial charge in [0, 0.05) is 12.3 Å². The lowest BCUT2D eigenvalue weighted by Gasteiger charge is -2.37. The van der Waals surface area contributed by atoms with Gasteiger partial charge in [-0.25, -0.2) is 4.18 Å². The highest BCUT2D eigenvalue weighted by Crippen LogP contribution is 2.08. The summed E-state index contributed by atoms with van der Waals surface area (Å²) in [6.07, 6.45) is 0.527. The molecule has 0 rings (SSSR count). The first-order chi connectivity index (χ1) is 9.66. The van der Waals surface area contributed by atoms with Gasteiger partial charge in [0.2, 0.25) is 5.91 Å². The van der Waals surface area contributed by atoms with Crippen LogP contribution in [0.3, 0.4) is 0 Å². The van der Waals surface area contributed by atoms with Crippen molar-refractivity contribution in [2.24, 2.45) is 5.92 Å². The first-order valence-corrected chi connectivity index (χ1v) is 8.77. The summed E-state index contributed by atoms with van der Waals surface area (Å²) in [5.41, 5.74) is 0. The highest BCUT2D eigenvalue weighted by atomic mass is 32.3. The Morgan fingerprint density at radius 3 is 2.24 bits per heavy atom. The summed E-state index contributed by atoms with van der Waals surface area (Å²) in [5, 5.41) is 2.90. The van der Waals surface area contributed by atoms with Gasteiger partial charge in [0.1, 0.15) is 0 Å². The lowest BCUT2D eigenvalue weighted by Crippen LogP contribution is -2.52. The number of hydrogen-bond acceptors (Lipinski definition) is 4. The number of carbonyl (C=O) groups excluding carboxylic acids is 1. The lowest BCUT2D eigenvalue weighted by molar-refractivity contribution is -0.924. The Labute approximate surface area is 128 Å². The average Bonchev–Trinajstić information content (AvgIpc) is 2.40. The molecule has 0 fully saturated rings. The van der Waals surface area contributed by atoms with Crippen LogP contribution in [0, 0.1) is 5.92 Å². The maximum atomic E-state index is 11.5. The summed E-state index contributed by atoms with van der Waals surface area (Å²) in [5.74, 6) is 0.00771. The molecule has 0 radical (unpaired) electrons. The molecule has 21 heavy (non-hydrogen) atoms. The second kappa shape index (κ2) is 9.34. The van der Waals surface area contributed by atoms with Crippen LogP contribution >= 0.6 is 0 Å². The van der Waals surface area contributed by atoms with Crippen molar-refractivity contribution in [2.75, 3.05) is 39.3 Å². The Bertz CT molecular complexity index is 405. The maximum absolute atomic E-state index is 11.5. The van der Waals surface area contributed by atoms with Crippen molar-refractivity contribution in [3.63, 3.8) is 0 Å². The van der Waals surface area contributed by atoms with E-state index in [2.05, 4.69) is 23.3 Å². The summed E-state index contributed by atoms with van der Waals surface area (Å²) < 4.78 is 34.6. The van der Waals surface area contributed by atoms with E-state index in [1.807, 2.05) is 13.8 Å². The quantitative estimate of drug-likeness (QED) is 0.333. The monoisotopic (exact) mass is 325 g/mol. The summed E-state index contributed by atoms with van der Waals surface area (Å²) in [7, 11) is -4.36. The third-order valence-corrected chi connectivity index (χ3v) is 4.22. The zero-order valence-corrected chi connectivity index (χ0v) is 14.3. The fraction of sp³-hybridized carbons (Fsp3) is 0.923. The van der Waals surface area contributed by atoms with E-state index in [9.17, 15) is 13.2 Å². The molecule has 0 unspecified atom stereocenters. The fourth-order valence-electron chi connectivity index (χ4n) is 2.15. The zero-order valence-electron chi connectivity index (χ0n) is 13.5. The molecule has 8 heteroatoms. The second-order valence-corrected chi connectivity index (χ2v) is 6.56. The molecule has 1 amide bonds. The molecule has 0 spiro atoms.